The summed E-state index contributed by atoms with van der Waals surface area (Å²) in [5.41, 5.74) is -0.484. The fraction of sp³-hybridized carbons (Fsp3) is 0.500. The van der Waals surface area contributed by atoms with Gasteiger partial charge in [-0.2, -0.15) is 13.2 Å². The van der Waals surface area contributed by atoms with Crippen molar-refractivity contribution in [3.63, 3.8) is 0 Å². The van der Waals surface area contributed by atoms with E-state index in [-0.39, 0.29) is 23.4 Å². The van der Waals surface area contributed by atoms with Gasteiger partial charge >= 0.3 is 12.1 Å². The van der Waals surface area contributed by atoms with Crippen LogP contribution in [-0.4, -0.2) is 23.0 Å². The van der Waals surface area contributed by atoms with Crippen LogP contribution < -0.4 is 5.32 Å². The van der Waals surface area contributed by atoms with Crippen molar-refractivity contribution in [2.45, 2.75) is 37.4 Å². The SMILES string of the molecule is O=C(O)C1CCC1C(=O)NC1CC1c1ccccc1C(F)(F)F. The van der Waals surface area contributed by atoms with Crippen LogP contribution in [0, 0.1) is 11.8 Å². The van der Waals surface area contributed by atoms with Crippen molar-refractivity contribution in [1.82, 2.24) is 5.32 Å². The van der Waals surface area contributed by atoms with Crippen LogP contribution in [0.3, 0.4) is 0 Å². The van der Waals surface area contributed by atoms with Crippen molar-refractivity contribution in [3.05, 3.63) is 35.4 Å². The van der Waals surface area contributed by atoms with Gasteiger partial charge in [0.25, 0.3) is 0 Å². The van der Waals surface area contributed by atoms with E-state index in [0.717, 1.165) is 6.07 Å². The van der Waals surface area contributed by atoms with Gasteiger partial charge in [-0.15, -0.1) is 0 Å². The van der Waals surface area contributed by atoms with Gasteiger partial charge in [0.1, 0.15) is 0 Å². The summed E-state index contributed by atoms with van der Waals surface area (Å²) in [4.78, 5) is 23.0. The topological polar surface area (TPSA) is 66.4 Å². The van der Waals surface area contributed by atoms with E-state index in [0.29, 0.717) is 19.3 Å². The van der Waals surface area contributed by atoms with Gasteiger partial charge in [-0.3, -0.25) is 9.59 Å². The number of carbonyl (C=O) groups is 2. The molecule has 23 heavy (non-hydrogen) atoms. The number of rotatable bonds is 4. The molecule has 1 amide bonds. The smallest absolute Gasteiger partial charge is 0.416 e. The maximum atomic E-state index is 13.0. The van der Waals surface area contributed by atoms with E-state index in [4.69, 9.17) is 5.11 Å². The van der Waals surface area contributed by atoms with Gasteiger partial charge in [-0.05, 0) is 30.9 Å². The molecule has 3 rings (SSSR count). The molecule has 1 aromatic carbocycles. The molecule has 0 aromatic heterocycles. The van der Waals surface area contributed by atoms with Crippen LogP contribution in [0.2, 0.25) is 0 Å². The number of aliphatic carboxylic acids is 1. The molecule has 124 valence electrons. The molecular weight excluding hydrogens is 311 g/mol. The first-order chi connectivity index (χ1) is 10.8. The minimum Gasteiger partial charge on any atom is -0.481 e. The highest BCUT2D eigenvalue weighted by molar-refractivity contribution is 5.86. The number of carbonyl (C=O) groups excluding carboxylic acids is 1. The van der Waals surface area contributed by atoms with E-state index in [1.54, 1.807) is 6.07 Å². The number of alkyl halides is 3. The Labute approximate surface area is 130 Å². The second kappa shape index (κ2) is 5.54. The largest absolute Gasteiger partial charge is 0.481 e. The van der Waals surface area contributed by atoms with E-state index < -0.39 is 29.5 Å². The average Bonchev–Trinajstić information content (AvgIpc) is 3.14. The van der Waals surface area contributed by atoms with Crippen LogP contribution in [0.25, 0.3) is 0 Å². The summed E-state index contributed by atoms with van der Waals surface area (Å²) >= 11 is 0. The number of halogens is 3. The summed E-state index contributed by atoms with van der Waals surface area (Å²) in [6, 6.07) is 5.02. The summed E-state index contributed by atoms with van der Waals surface area (Å²) in [5, 5.41) is 11.7. The number of hydrogen-bond donors (Lipinski definition) is 2. The van der Waals surface area contributed by atoms with Crippen molar-refractivity contribution in [2.24, 2.45) is 11.8 Å². The zero-order valence-corrected chi connectivity index (χ0v) is 12.1. The molecule has 0 heterocycles. The van der Waals surface area contributed by atoms with Crippen LogP contribution in [0.4, 0.5) is 13.2 Å². The zero-order chi connectivity index (χ0) is 16.8. The highest BCUT2D eigenvalue weighted by atomic mass is 19.4. The molecule has 0 aliphatic heterocycles. The number of nitrogens with one attached hydrogen (secondary N) is 1. The van der Waals surface area contributed by atoms with Crippen molar-refractivity contribution >= 4 is 11.9 Å². The Bertz CT molecular complexity index is 644. The molecule has 0 spiro atoms. The number of amides is 1. The summed E-state index contributed by atoms with van der Waals surface area (Å²) in [6.07, 6.45) is -2.99. The zero-order valence-electron chi connectivity index (χ0n) is 12.1. The van der Waals surface area contributed by atoms with Gasteiger partial charge < -0.3 is 10.4 Å². The number of carboxylic acids is 1. The monoisotopic (exact) mass is 327 g/mol. The first-order valence-corrected chi connectivity index (χ1v) is 7.48. The normalized spacial score (nSPS) is 29.5. The standard InChI is InChI=1S/C16H16F3NO3/c17-16(18,19)12-4-2-1-3-8(12)11-7-13(11)20-14(21)9-5-6-10(9)15(22)23/h1-4,9-11,13H,5-7H2,(H,20,21)(H,22,23). The molecule has 0 saturated heterocycles. The van der Waals surface area contributed by atoms with Gasteiger partial charge in [0, 0.05) is 12.0 Å². The fourth-order valence-corrected chi connectivity index (χ4v) is 3.18. The Morgan fingerprint density at radius 3 is 2.35 bits per heavy atom. The van der Waals surface area contributed by atoms with Gasteiger partial charge in [0.2, 0.25) is 5.91 Å². The Balaban J connectivity index is 1.65. The minimum atomic E-state index is -4.42. The second-order valence-corrected chi connectivity index (χ2v) is 6.17. The predicted molar refractivity (Wildman–Crippen MR) is 74.6 cm³/mol. The Hall–Kier alpha value is -2.05. The van der Waals surface area contributed by atoms with Crippen molar-refractivity contribution in [1.29, 1.82) is 0 Å². The lowest BCUT2D eigenvalue weighted by atomic mass is 9.73. The summed E-state index contributed by atoms with van der Waals surface area (Å²) in [6.45, 7) is 0. The third kappa shape index (κ3) is 3.04. The lowest BCUT2D eigenvalue weighted by molar-refractivity contribution is -0.152. The number of benzene rings is 1. The van der Waals surface area contributed by atoms with Gasteiger partial charge in [-0.25, -0.2) is 0 Å². The Kier molecular flexibility index (Phi) is 3.82. The van der Waals surface area contributed by atoms with E-state index >= 15 is 0 Å². The first-order valence-electron chi connectivity index (χ1n) is 7.48. The maximum absolute atomic E-state index is 13.0. The molecule has 0 radical (unpaired) electrons. The minimum absolute atomic E-state index is 0.189. The molecule has 2 saturated carbocycles. The van der Waals surface area contributed by atoms with Crippen molar-refractivity contribution in [2.75, 3.05) is 0 Å². The van der Waals surface area contributed by atoms with Crippen LogP contribution in [0.15, 0.2) is 24.3 Å². The molecule has 2 aliphatic rings. The van der Waals surface area contributed by atoms with Gasteiger partial charge in [0.15, 0.2) is 0 Å². The van der Waals surface area contributed by atoms with Crippen LogP contribution in [0.1, 0.15) is 36.3 Å². The first kappa shape index (κ1) is 15.8. The van der Waals surface area contributed by atoms with Crippen LogP contribution in [0.5, 0.6) is 0 Å². The molecule has 2 fully saturated rings. The molecular formula is C16H16F3NO3. The third-order valence-electron chi connectivity index (χ3n) is 4.71. The molecule has 1 aromatic rings. The Morgan fingerprint density at radius 2 is 1.78 bits per heavy atom. The maximum Gasteiger partial charge on any atom is 0.416 e. The molecule has 2 aliphatic carbocycles. The van der Waals surface area contributed by atoms with Crippen molar-refractivity contribution in [3.8, 4) is 0 Å². The quantitative estimate of drug-likeness (QED) is 0.894. The number of hydrogen-bond acceptors (Lipinski definition) is 2. The summed E-state index contributed by atoms with van der Waals surface area (Å²) < 4.78 is 39.0. The van der Waals surface area contributed by atoms with Crippen LogP contribution >= 0.6 is 0 Å². The highest BCUT2D eigenvalue weighted by Crippen LogP contribution is 2.46. The fourth-order valence-electron chi connectivity index (χ4n) is 3.18. The van der Waals surface area contributed by atoms with Gasteiger partial charge in [-0.1, -0.05) is 18.2 Å². The summed E-state index contributed by atoms with van der Waals surface area (Å²) in [5.74, 6) is -2.95. The third-order valence-corrected chi connectivity index (χ3v) is 4.71. The molecule has 0 bridgehead atoms. The van der Waals surface area contributed by atoms with Gasteiger partial charge in [0.05, 0.1) is 17.4 Å². The second-order valence-electron chi connectivity index (χ2n) is 6.17. The lowest BCUT2D eigenvalue weighted by Crippen LogP contribution is -2.44. The lowest BCUT2D eigenvalue weighted by Gasteiger charge is -2.32. The van der Waals surface area contributed by atoms with E-state index in [1.165, 1.54) is 12.1 Å². The van der Waals surface area contributed by atoms with E-state index in [9.17, 15) is 22.8 Å². The summed E-state index contributed by atoms with van der Waals surface area (Å²) in [7, 11) is 0. The van der Waals surface area contributed by atoms with Crippen LogP contribution in [-0.2, 0) is 15.8 Å². The average molecular weight is 327 g/mol. The molecule has 4 atom stereocenters. The molecule has 2 N–H and O–H groups in total. The number of carboxylic acid groups (broad SMARTS) is 1. The molecule has 4 nitrogen and oxygen atoms in total. The highest BCUT2D eigenvalue weighted by Gasteiger charge is 2.47. The van der Waals surface area contributed by atoms with E-state index in [1.807, 2.05) is 0 Å². The Morgan fingerprint density at radius 1 is 1.13 bits per heavy atom. The molecule has 7 heteroatoms. The molecule has 4 unspecified atom stereocenters. The predicted octanol–water partition coefficient (Wildman–Crippen LogP) is 2.79. The van der Waals surface area contributed by atoms with Crippen molar-refractivity contribution < 1.29 is 27.9 Å². The van der Waals surface area contributed by atoms with E-state index in [2.05, 4.69) is 5.32 Å².